The summed E-state index contributed by atoms with van der Waals surface area (Å²) in [6, 6.07) is 9.93. The number of methoxy groups -OCH3 is 1. The van der Waals surface area contributed by atoms with Gasteiger partial charge in [0.1, 0.15) is 5.75 Å². The molecule has 0 bridgehead atoms. The summed E-state index contributed by atoms with van der Waals surface area (Å²) in [5.41, 5.74) is 0.0498. The zero-order chi connectivity index (χ0) is 15.5. The van der Waals surface area contributed by atoms with E-state index in [1.54, 1.807) is 31.4 Å². The highest BCUT2D eigenvalue weighted by molar-refractivity contribution is 6.04. The summed E-state index contributed by atoms with van der Waals surface area (Å²) in [6.45, 7) is 1.82. The van der Waals surface area contributed by atoms with Gasteiger partial charge in [-0.05, 0) is 35.4 Å². The molecule has 0 aliphatic rings. The molecule has 0 aliphatic carbocycles. The SMILES string of the molecule is CCCCC(F)(F)C(=O)c1ccc2cc(OC)ccc2c1. The Morgan fingerprint density at radius 3 is 2.48 bits per heavy atom. The van der Waals surface area contributed by atoms with Gasteiger partial charge in [-0.3, -0.25) is 4.79 Å². The molecule has 2 aromatic rings. The van der Waals surface area contributed by atoms with Gasteiger partial charge in [-0.1, -0.05) is 31.5 Å². The third-order valence-corrected chi connectivity index (χ3v) is 3.49. The Kier molecular flexibility index (Phi) is 4.56. The Bertz CT molecular complexity index is 650. The van der Waals surface area contributed by atoms with E-state index in [1.165, 1.54) is 12.1 Å². The highest BCUT2D eigenvalue weighted by Gasteiger charge is 2.38. The monoisotopic (exact) mass is 292 g/mol. The first-order valence-electron chi connectivity index (χ1n) is 6.98. The molecule has 2 rings (SSSR count). The van der Waals surface area contributed by atoms with Crippen molar-refractivity contribution in [2.24, 2.45) is 0 Å². The van der Waals surface area contributed by atoms with Crippen LogP contribution in [-0.4, -0.2) is 18.8 Å². The average molecular weight is 292 g/mol. The van der Waals surface area contributed by atoms with E-state index in [9.17, 15) is 13.6 Å². The number of Topliss-reactive ketones (excluding diaryl/α,β-unsaturated/α-hetero) is 1. The van der Waals surface area contributed by atoms with Crippen molar-refractivity contribution in [3.05, 3.63) is 42.0 Å². The number of fused-ring (bicyclic) bond motifs is 1. The number of hydrogen-bond acceptors (Lipinski definition) is 2. The van der Waals surface area contributed by atoms with Crippen molar-refractivity contribution >= 4 is 16.6 Å². The number of benzene rings is 2. The summed E-state index contributed by atoms with van der Waals surface area (Å²) in [4.78, 5) is 12.0. The average Bonchev–Trinajstić information content (AvgIpc) is 2.51. The third-order valence-electron chi connectivity index (χ3n) is 3.49. The van der Waals surface area contributed by atoms with Crippen LogP contribution in [0.15, 0.2) is 36.4 Å². The van der Waals surface area contributed by atoms with Gasteiger partial charge < -0.3 is 4.74 Å². The van der Waals surface area contributed by atoms with Gasteiger partial charge in [-0.25, -0.2) is 0 Å². The maximum absolute atomic E-state index is 13.8. The number of alkyl halides is 2. The minimum absolute atomic E-state index is 0.0498. The summed E-state index contributed by atoms with van der Waals surface area (Å²) in [7, 11) is 1.56. The van der Waals surface area contributed by atoms with E-state index >= 15 is 0 Å². The van der Waals surface area contributed by atoms with Crippen molar-refractivity contribution in [3.8, 4) is 5.75 Å². The second-order valence-corrected chi connectivity index (χ2v) is 5.06. The van der Waals surface area contributed by atoms with Crippen LogP contribution in [0.4, 0.5) is 8.78 Å². The Labute approximate surface area is 122 Å². The number of carbonyl (C=O) groups is 1. The largest absolute Gasteiger partial charge is 0.497 e. The highest BCUT2D eigenvalue weighted by Crippen LogP contribution is 2.28. The van der Waals surface area contributed by atoms with Crippen LogP contribution in [0.2, 0.25) is 0 Å². The Balaban J connectivity index is 2.32. The first kappa shape index (κ1) is 15.4. The number of ether oxygens (including phenoxy) is 1. The molecule has 0 atom stereocenters. The van der Waals surface area contributed by atoms with Gasteiger partial charge in [-0.15, -0.1) is 0 Å². The highest BCUT2D eigenvalue weighted by atomic mass is 19.3. The quantitative estimate of drug-likeness (QED) is 0.711. The molecular formula is C17H18F2O2. The topological polar surface area (TPSA) is 26.3 Å². The van der Waals surface area contributed by atoms with E-state index in [2.05, 4.69) is 0 Å². The lowest BCUT2D eigenvalue weighted by Gasteiger charge is -2.15. The first-order valence-corrected chi connectivity index (χ1v) is 6.98. The van der Waals surface area contributed by atoms with Crippen molar-refractivity contribution in [3.63, 3.8) is 0 Å². The molecule has 0 saturated heterocycles. The summed E-state index contributed by atoms with van der Waals surface area (Å²) in [5, 5.41) is 1.59. The van der Waals surface area contributed by atoms with Gasteiger partial charge in [0.2, 0.25) is 5.78 Å². The molecule has 2 nitrogen and oxygen atoms in total. The van der Waals surface area contributed by atoms with Crippen LogP contribution in [0.5, 0.6) is 5.75 Å². The van der Waals surface area contributed by atoms with Crippen LogP contribution in [0.3, 0.4) is 0 Å². The van der Waals surface area contributed by atoms with Gasteiger partial charge in [-0.2, -0.15) is 8.78 Å². The Hall–Kier alpha value is -1.97. The number of unbranched alkanes of at least 4 members (excludes halogenated alkanes) is 1. The van der Waals surface area contributed by atoms with Crippen LogP contribution in [-0.2, 0) is 0 Å². The fraction of sp³-hybridized carbons (Fsp3) is 0.353. The molecule has 0 radical (unpaired) electrons. The molecule has 4 heteroatoms. The lowest BCUT2D eigenvalue weighted by Crippen LogP contribution is -2.28. The molecule has 0 spiro atoms. The van der Waals surface area contributed by atoms with E-state index in [4.69, 9.17) is 4.74 Å². The van der Waals surface area contributed by atoms with Gasteiger partial charge in [0.15, 0.2) is 0 Å². The summed E-state index contributed by atoms with van der Waals surface area (Å²) in [6.07, 6.45) is 0.576. The van der Waals surface area contributed by atoms with E-state index in [1.807, 2.05) is 6.92 Å². The molecule has 112 valence electrons. The molecule has 0 amide bonds. The molecule has 0 heterocycles. The third kappa shape index (κ3) is 3.38. The van der Waals surface area contributed by atoms with E-state index in [-0.39, 0.29) is 5.56 Å². The lowest BCUT2D eigenvalue weighted by atomic mass is 9.98. The van der Waals surface area contributed by atoms with Crippen LogP contribution >= 0.6 is 0 Å². The first-order chi connectivity index (χ1) is 9.97. The number of ketones is 1. The van der Waals surface area contributed by atoms with Crippen molar-refractivity contribution in [2.45, 2.75) is 32.1 Å². The maximum atomic E-state index is 13.8. The van der Waals surface area contributed by atoms with Crippen LogP contribution in [0.25, 0.3) is 10.8 Å². The predicted molar refractivity (Wildman–Crippen MR) is 79.3 cm³/mol. The normalized spacial score (nSPS) is 11.6. The zero-order valence-corrected chi connectivity index (χ0v) is 12.2. The van der Waals surface area contributed by atoms with Crippen LogP contribution in [0, 0.1) is 0 Å². The van der Waals surface area contributed by atoms with Gasteiger partial charge >= 0.3 is 5.92 Å². The van der Waals surface area contributed by atoms with Crippen molar-refractivity contribution in [1.82, 2.24) is 0 Å². The Morgan fingerprint density at radius 1 is 1.14 bits per heavy atom. The Morgan fingerprint density at radius 2 is 1.81 bits per heavy atom. The van der Waals surface area contributed by atoms with Gasteiger partial charge in [0.05, 0.1) is 7.11 Å². The molecule has 0 fully saturated rings. The summed E-state index contributed by atoms with van der Waals surface area (Å²) in [5.74, 6) is -3.71. The molecule has 2 aromatic carbocycles. The minimum atomic E-state index is -3.30. The summed E-state index contributed by atoms with van der Waals surface area (Å²) < 4.78 is 32.8. The fourth-order valence-electron chi connectivity index (χ4n) is 2.22. The molecule has 0 aromatic heterocycles. The van der Waals surface area contributed by atoms with Crippen molar-refractivity contribution < 1.29 is 18.3 Å². The molecule has 0 aliphatic heterocycles. The fourth-order valence-corrected chi connectivity index (χ4v) is 2.22. The molecular weight excluding hydrogens is 274 g/mol. The molecule has 0 N–H and O–H groups in total. The number of halogens is 2. The standard InChI is InChI=1S/C17H18F2O2/c1-3-4-9-17(18,19)16(20)14-6-5-13-11-15(21-2)8-7-12(13)10-14/h5-8,10-11H,3-4,9H2,1-2H3. The number of rotatable bonds is 6. The lowest BCUT2D eigenvalue weighted by molar-refractivity contribution is 0.00367. The van der Waals surface area contributed by atoms with E-state index < -0.39 is 18.1 Å². The second kappa shape index (κ2) is 6.20. The van der Waals surface area contributed by atoms with Crippen LogP contribution < -0.4 is 4.74 Å². The second-order valence-electron chi connectivity index (χ2n) is 5.06. The molecule has 0 saturated carbocycles. The minimum Gasteiger partial charge on any atom is -0.497 e. The maximum Gasteiger partial charge on any atom is 0.309 e. The molecule has 0 unspecified atom stereocenters. The van der Waals surface area contributed by atoms with E-state index in [0.717, 1.165) is 10.8 Å². The van der Waals surface area contributed by atoms with Gasteiger partial charge in [0, 0.05) is 12.0 Å². The van der Waals surface area contributed by atoms with Crippen molar-refractivity contribution in [1.29, 1.82) is 0 Å². The zero-order valence-electron chi connectivity index (χ0n) is 12.2. The number of hydrogen-bond donors (Lipinski definition) is 0. The smallest absolute Gasteiger partial charge is 0.309 e. The predicted octanol–water partition coefficient (Wildman–Crippen LogP) is 4.86. The van der Waals surface area contributed by atoms with Crippen LogP contribution in [0.1, 0.15) is 36.5 Å². The van der Waals surface area contributed by atoms with E-state index in [0.29, 0.717) is 18.6 Å². The summed E-state index contributed by atoms with van der Waals surface area (Å²) >= 11 is 0. The number of carbonyl (C=O) groups excluding carboxylic acids is 1. The van der Waals surface area contributed by atoms with Gasteiger partial charge in [0.25, 0.3) is 0 Å². The van der Waals surface area contributed by atoms with Crippen molar-refractivity contribution in [2.75, 3.05) is 7.11 Å². The molecule has 21 heavy (non-hydrogen) atoms.